The normalized spacial score (nSPS) is 41.0. The molecule has 0 spiro atoms. The first-order valence-electron chi connectivity index (χ1n) is 11.8. The molecule has 0 aromatic carbocycles. The van der Waals surface area contributed by atoms with E-state index >= 15 is 0 Å². The molecule has 1 fully saturated rings. The molecule has 150 valence electrons. The highest BCUT2D eigenvalue weighted by molar-refractivity contribution is 5.49. The van der Waals surface area contributed by atoms with Gasteiger partial charge in [-0.3, -0.25) is 0 Å². The summed E-state index contributed by atoms with van der Waals surface area (Å²) in [6, 6.07) is 0. The van der Waals surface area contributed by atoms with E-state index in [1.54, 1.807) is 11.1 Å². The van der Waals surface area contributed by atoms with Gasteiger partial charge >= 0.3 is 0 Å². The van der Waals surface area contributed by atoms with Crippen molar-refractivity contribution in [3.8, 4) is 0 Å². The zero-order valence-corrected chi connectivity index (χ0v) is 18.9. The maximum absolute atomic E-state index is 2.67. The molecule has 0 N–H and O–H groups in total. The largest absolute Gasteiger partial charge is 0.0853 e. The average molecular weight is 367 g/mol. The van der Waals surface area contributed by atoms with Crippen LogP contribution in [-0.2, 0) is 0 Å². The van der Waals surface area contributed by atoms with E-state index in [1.807, 2.05) is 11.1 Å². The summed E-state index contributed by atoms with van der Waals surface area (Å²) in [5.41, 5.74) is 8.54. The van der Waals surface area contributed by atoms with Gasteiger partial charge in [-0.05, 0) is 104 Å². The van der Waals surface area contributed by atoms with Gasteiger partial charge in [0, 0.05) is 0 Å². The van der Waals surface area contributed by atoms with Crippen LogP contribution in [0.25, 0.3) is 0 Å². The standard InChI is InChI=1S/C27H42/c1-7-19(2)9-10-20-11-13-22-21-12-14-24-25(3,4)16-8-17-27(24,6)23(21)15-18-26(20,22)5/h9,13,20,24H,7-8,10-12,14-18H2,1-6H3/t20-,24+,26+,27+/m0/s1. The lowest BCUT2D eigenvalue weighted by Gasteiger charge is -2.57. The fourth-order valence-corrected chi connectivity index (χ4v) is 7.72. The van der Waals surface area contributed by atoms with E-state index in [-0.39, 0.29) is 0 Å². The molecule has 4 aliphatic carbocycles. The van der Waals surface area contributed by atoms with Gasteiger partial charge in [0.2, 0.25) is 0 Å². The SMILES string of the molecule is CCC(C)=CC[C@H]1CC=C2C3=C(CC[C@@]21C)[C@@]1(C)CCCC(C)(C)[C@H]1CC3. The first kappa shape index (κ1) is 19.5. The van der Waals surface area contributed by atoms with Crippen molar-refractivity contribution >= 4 is 0 Å². The second-order valence-corrected chi connectivity index (χ2v) is 11.4. The molecule has 0 aliphatic heterocycles. The first-order chi connectivity index (χ1) is 12.7. The molecule has 1 saturated carbocycles. The van der Waals surface area contributed by atoms with Gasteiger partial charge in [0.1, 0.15) is 0 Å². The zero-order valence-electron chi connectivity index (χ0n) is 18.9. The monoisotopic (exact) mass is 366 g/mol. The summed E-state index contributed by atoms with van der Waals surface area (Å²) >= 11 is 0. The van der Waals surface area contributed by atoms with E-state index in [9.17, 15) is 0 Å². The summed E-state index contributed by atoms with van der Waals surface area (Å²) < 4.78 is 0. The Morgan fingerprint density at radius 2 is 1.85 bits per heavy atom. The minimum Gasteiger partial charge on any atom is -0.0853 e. The van der Waals surface area contributed by atoms with Gasteiger partial charge in [0.05, 0.1) is 0 Å². The Morgan fingerprint density at radius 3 is 2.59 bits per heavy atom. The molecule has 0 unspecified atom stereocenters. The molecular weight excluding hydrogens is 324 g/mol. The van der Waals surface area contributed by atoms with E-state index < -0.39 is 0 Å². The van der Waals surface area contributed by atoms with E-state index in [0.29, 0.717) is 16.2 Å². The predicted octanol–water partition coefficient (Wildman–Crippen LogP) is 8.40. The predicted molar refractivity (Wildman–Crippen MR) is 118 cm³/mol. The third kappa shape index (κ3) is 2.92. The van der Waals surface area contributed by atoms with Crippen LogP contribution in [0.3, 0.4) is 0 Å². The van der Waals surface area contributed by atoms with Gasteiger partial charge < -0.3 is 0 Å². The van der Waals surface area contributed by atoms with Crippen LogP contribution in [0, 0.1) is 28.1 Å². The lowest BCUT2D eigenvalue weighted by molar-refractivity contribution is 0.00676. The first-order valence-corrected chi connectivity index (χ1v) is 11.8. The summed E-state index contributed by atoms with van der Waals surface area (Å²) in [6.45, 7) is 15.0. The zero-order chi connectivity index (χ0) is 19.4. The Labute approximate surface area is 168 Å². The second-order valence-electron chi connectivity index (χ2n) is 11.4. The van der Waals surface area contributed by atoms with Crippen molar-refractivity contribution in [2.45, 2.75) is 106 Å². The van der Waals surface area contributed by atoms with Crippen LogP contribution in [0.15, 0.2) is 34.4 Å². The van der Waals surface area contributed by atoms with E-state index in [4.69, 9.17) is 0 Å². The van der Waals surface area contributed by atoms with Gasteiger partial charge in [-0.15, -0.1) is 0 Å². The van der Waals surface area contributed by atoms with Crippen molar-refractivity contribution in [1.29, 1.82) is 0 Å². The maximum atomic E-state index is 2.67. The number of allylic oxidation sites excluding steroid dienone is 6. The van der Waals surface area contributed by atoms with Crippen LogP contribution in [0.1, 0.15) is 106 Å². The second kappa shape index (κ2) is 6.64. The maximum Gasteiger partial charge on any atom is -0.00385 e. The van der Waals surface area contributed by atoms with E-state index in [1.165, 1.54) is 64.2 Å². The van der Waals surface area contributed by atoms with Crippen molar-refractivity contribution < 1.29 is 0 Å². The topological polar surface area (TPSA) is 0 Å². The van der Waals surface area contributed by atoms with Crippen molar-refractivity contribution in [2.24, 2.45) is 28.1 Å². The molecule has 0 aromatic rings. The van der Waals surface area contributed by atoms with Gasteiger partial charge in [-0.25, -0.2) is 0 Å². The number of hydrogen-bond acceptors (Lipinski definition) is 0. The third-order valence-electron chi connectivity index (χ3n) is 9.62. The summed E-state index contributed by atoms with van der Waals surface area (Å²) in [4.78, 5) is 0. The summed E-state index contributed by atoms with van der Waals surface area (Å²) in [5, 5.41) is 0. The molecule has 0 bridgehead atoms. The van der Waals surface area contributed by atoms with Crippen molar-refractivity contribution in [1.82, 2.24) is 0 Å². The smallest absolute Gasteiger partial charge is 0.00385 e. The van der Waals surface area contributed by atoms with Crippen molar-refractivity contribution in [3.05, 3.63) is 34.4 Å². The lowest BCUT2D eigenvalue weighted by atomic mass is 9.47. The van der Waals surface area contributed by atoms with Crippen LogP contribution in [0.5, 0.6) is 0 Å². The molecule has 4 atom stereocenters. The average Bonchev–Trinajstić information content (AvgIpc) is 2.95. The molecule has 0 saturated heterocycles. The fraction of sp³-hybridized carbons (Fsp3) is 0.778. The summed E-state index contributed by atoms with van der Waals surface area (Å²) in [6.07, 6.45) is 18.9. The third-order valence-corrected chi connectivity index (χ3v) is 9.62. The molecule has 0 radical (unpaired) electrons. The fourth-order valence-electron chi connectivity index (χ4n) is 7.72. The Balaban J connectivity index is 1.66. The highest BCUT2D eigenvalue weighted by Crippen LogP contribution is 2.66. The summed E-state index contributed by atoms with van der Waals surface area (Å²) in [7, 11) is 0. The quantitative estimate of drug-likeness (QED) is 0.440. The van der Waals surface area contributed by atoms with Crippen LogP contribution in [0.2, 0.25) is 0 Å². The number of fused-ring (bicyclic) bond motifs is 4. The molecule has 0 aromatic heterocycles. The Morgan fingerprint density at radius 1 is 1.07 bits per heavy atom. The van der Waals surface area contributed by atoms with Gasteiger partial charge in [0.25, 0.3) is 0 Å². The molecule has 0 nitrogen and oxygen atoms in total. The summed E-state index contributed by atoms with van der Waals surface area (Å²) in [5.74, 6) is 1.73. The molecule has 4 aliphatic rings. The van der Waals surface area contributed by atoms with Crippen LogP contribution < -0.4 is 0 Å². The molecular formula is C27H42. The number of rotatable bonds is 3. The van der Waals surface area contributed by atoms with Crippen LogP contribution >= 0.6 is 0 Å². The minimum atomic E-state index is 0.441. The Hall–Kier alpha value is -0.780. The van der Waals surface area contributed by atoms with Crippen LogP contribution in [-0.4, -0.2) is 0 Å². The van der Waals surface area contributed by atoms with Gasteiger partial charge in [-0.2, -0.15) is 0 Å². The minimum absolute atomic E-state index is 0.441. The molecule has 27 heavy (non-hydrogen) atoms. The van der Waals surface area contributed by atoms with Crippen molar-refractivity contribution in [2.75, 3.05) is 0 Å². The molecule has 4 rings (SSSR count). The Kier molecular flexibility index (Phi) is 4.80. The van der Waals surface area contributed by atoms with Crippen molar-refractivity contribution in [3.63, 3.8) is 0 Å². The van der Waals surface area contributed by atoms with Gasteiger partial charge in [0.15, 0.2) is 0 Å². The highest BCUT2D eigenvalue weighted by Gasteiger charge is 2.54. The molecule has 0 amide bonds. The number of hydrogen-bond donors (Lipinski definition) is 0. The van der Waals surface area contributed by atoms with E-state index in [2.05, 4.69) is 53.7 Å². The Bertz CT molecular complexity index is 700. The van der Waals surface area contributed by atoms with Gasteiger partial charge in [-0.1, -0.05) is 64.3 Å². The van der Waals surface area contributed by atoms with E-state index in [0.717, 1.165) is 11.8 Å². The molecule has 0 heteroatoms. The van der Waals surface area contributed by atoms with Crippen LogP contribution in [0.4, 0.5) is 0 Å². The lowest BCUT2D eigenvalue weighted by Crippen LogP contribution is -2.47. The highest BCUT2D eigenvalue weighted by atomic mass is 14.6. The molecule has 0 heterocycles.